The molecule has 0 radical (unpaired) electrons. The van der Waals surface area contributed by atoms with E-state index < -0.39 is 0 Å². The van der Waals surface area contributed by atoms with E-state index in [1.807, 2.05) is 6.92 Å². The lowest BCUT2D eigenvalue weighted by Gasteiger charge is -2.22. The van der Waals surface area contributed by atoms with Gasteiger partial charge in [0.05, 0.1) is 0 Å². The second kappa shape index (κ2) is 5.55. The zero-order valence-electron chi connectivity index (χ0n) is 11.0. The van der Waals surface area contributed by atoms with Crippen LogP contribution in [0, 0.1) is 13.8 Å². The molecule has 0 spiro atoms. The fourth-order valence-corrected chi connectivity index (χ4v) is 2.75. The Labute approximate surface area is 112 Å². The van der Waals surface area contributed by atoms with Gasteiger partial charge in [0.1, 0.15) is 11.9 Å². The predicted octanol–water partition coefficient (Wildman–Crippen LogP) is 3.83. The van der Waals surface area contributed by atoms with E-state index in [4.69, 9.17) is 10.5 Å². The summed E-state index contributed by atoms with van der Waals surface area (Å²) in [5.74, 6) is 0.890. The molecule has 0 saturated carbocycles. The number of hydrogen-bond acceptors (Lipinski definition) is 3. The molecule has 3 heteroatoms. The number of rotatable bonds is 4. The number of ether oxygens (including phenoxy) is 1. The van der Waals surface area contributed by atoms with Crippen molar-refractivity contribution in [1.29, 1.82) is 0 Å². The summed E-state index contributed by atoms with van der Waals surface area (Å²) in [7, 11) is 0. The van der Waals surface area contributed by atoms with Gasteiger partial charge in [-0.2, -0.15) is 11.3 Å². The van der Waals surface area contributed by atoms with Gasteiger partial charge in [0.25, 0.3) is 0 Å². The molecule has 2 unspecified atom stereocenters. The molecule has 1 heterocycles. The maximum atomic E-state index is 6.06. The van der Waals surface area contributed by atoms with Crippen LogP contribution in [0.4, 0.5) is 0 Å². The van der Waals surface area contributed by atoms with Crippen LogP contribution in [0.25, 0.3) is 0 Å². The highest BCUT2D eigenvalue weighted by atomic mass is 32.1. The topological polar surface area (TPSA) is 35.2 Å². The van der Waals surface area contributed by atoms with Crippen LogP contribution in [0.15, 0.2) is 35.0 Å². The van der Waals surface area contributed by atoms with E-state index in [9.17, 15) is 0 Å². The van der Waals surface area contributed by atoms with Gasteiger partial charge in [-0.1, -0.05) is 6.07 Å². The molecule has 2 atom stereocenters. The van der Waals surface area contributed by atoms with E-state index in [0.29, 0.717) is 0 Å². The summed E-state index contributed by atoms with van der Waals surface area (Å²) >= 11 is 1.67. The number of aryl methyl sites for hydroxylation is 2. The number of nitrogens with two attached hydrogens (primary N) is 1. The molecule has 0 bridgehead atoms. The van der Waals surface area contributed by atoms with Gasteiger partial charge >= 0.3 is 0 Å². The first-order valence-electron chi connectivity index (χ1n) is 6.09. The Morgan fingerprint density at radius 2 is 1.83 bits per heavy atom. The summed E-state index contributed by atoms with van der Waals surface area (Å²) in [4.78, 5) is 0. The molecule has 2 aromatic rings. The molecule has 0 aliphatic heterocycles. The summed E-state index contributed by atoms with van der Waals surface area (Å²) in [6.45, 7) is 6.13. The molecule has 2 nitrogen and oxygen atoms in total. The Bertz CT molecular complexity index is 485. The molecule has 0 saturated heterocycles. The molecule has 2 N–H and O–H groups in total. The van der Waals surface area contributed by atoms with Crippen LogP contribution in [-0.4, -0.2) is 6.04 Å². The third-order valence-electron chi connectivity index (χ3n) is 2.81. The van der Waals surface area contributed by atoms with E-state index in [0.717, 1.165) is 11.3 Å². The molecule has 0 aliphatic rings. The molecule has 1 aromatic heterocycles. The zero-order valence-corrected chi connectivity index (χ0v) is 11.8. The Morgan fingerprint density at radius 3 is 2.33 bits per heavy atom. The molecular formula is C15H19NOS. The lowest BCUT2D eigenvalue weighted by atomic mass is 10.1. The second-order valence-corrected chi connectivity index (χ2v) is 5.56. The van der Waals surface area contributed by atoms with Crippen LogP contribution in [-0.2, 0) is 0 Å². The summed E-state index contributed by atoms with van der Waals surface area (Å²) in [5.41, 5.74) is 9.59. The predicted molar refractivity (Wildman–Crippen MR) is 77.3 cm³/mol. The molecule has 96 valence electrons. The molecule has 2 rings (SSSR count). The highest BCUT2D eigenvalue weighted by molar-refractivity contribution is 7.07. The minimum atomic E-state index is -0.0857. The molecule has 0 aliphatic carbocycles. The lowest BCUT2D eigenvalue weighted by molar-refractivity contribution is 0.181. The van der Waals surface area contributed by atoms with Crippen molar-refractivity contribution in [2.24, 2.45) is 5.73 Å². The smallest absolute Gasteiger partial charge is 0.139 e. The van der Waals surface area contributed by atoms with Gasteiger partial charge in [-0.3, -0.25) is 0 Å². The summed E-state index contributed by atoms with van der Waals surface area (Å²) in [5, 5.41) is 4.15. The first-order valence-corrected chi connectivity index (χ1v) is 7.03. The summed E-state index contributed by atoms with van der Waals surface area (Å²) < 4.78 is 6.06. The molecule has 1 aromatic carbocycles. The van der Waals surface area contributed by atoms with Gasteiger partial charge in [-0.05, 0) is 60.9 Å². The van der Waals surface area contributed by atoms with Crippen molar-refractivity contribution in [3.63, 3.8) is 0 Å². The fourth-order valence-electron chi connectivity index (χ4n) is 2.06. The van der Waals surface area contributed by atoms with Crippen molar-refractivity contribution in [3.8, 4) is 5.75 Å². The lowest BCUT2D eigenvalue weighted by Crippen LogP contribution is -2.28. The van der Waals surface area contributed by atoms with Gasteiger partial charge in [0.15, 0.2) is 0 Å². The van der Waals surface area contributed by atoms with E-state index in [2.05, 4.69) is 48.9 Å². The third kappa shape index (κ3) is 3.12. The average Bonchev–Trinajstić information content (AvgIpc) is 2.77. The van der Waals surface area contributed by atoms with Crippen LogP contribution in [0.5, 0.6) is 5.75 Å². The quantitative estimate of drug-likeness (QED) is 0.907. The van der Waals surface area contributed by atoms with Gasteiger partial charge in [0, 0.05) is 11.6 Å². The van der Waals surface area contributed by atoms with E-state index in [1.54, 1.807) is 11.3 Å². The average molecular weight is 261 g/mol. The molecule has 18 heavy (non-hydrogen) atoms. The first-order chi connectivity index (χ1) is 8.56. The van der Waals surface area contributed by atoms with Crippen molar-refractivity contribution in [3.05, 3.63) is 51.7 Å². The Morgan fingerprint density at radius 1 is 1.17 bits per heavy atom. The van der Waals surface area contributed by atoms with Crippen molar-refractivity contribution in [2.75, 3.05) is 0 Å². The van der Waals surface area contributed by atoms with E-state index >= 15 is 0 Å². The van der Waals surface area contributed by atoms with Gasteiger partial charge in [-0.15, -0.1) is 0 Å². The SMILES string of the molecule is Cc1cc(C)cc(OC(c2ccsc2)C(C)N)c1. The van der Waals surface area contributed by atoms with E-state index in [1.165, 1.54) is 11.1 Å². The van der Waals surface area contributed by atoms with Gasteiger partial charge < -0.3 is 10.5 Å². The zero-order chi connectivity index (χ0) is 13.1. The van der Waals surface area contributed by atoms with Crippen molar-refractivity contribution < 1.29 is 4.74 Å². The highest BCUT2D eigenvalue weighted by Gasteiger charge is 2.18. The fraction of sp³-hybridized carbons (Fsp3) is 0.333. The standard InChI is InChI=1S/C15H19NOS/c1-10-6-11(2)8-14(7-10)17-15(12(3)16)13-4-5-18-9-13/h4-9,12,15H,16H2,1-3H3. The van der Waals surface area contributed by atoms with Crippen molar-refractivity contribution in [2.45, 2.75) is 32.9 Å². The van der Waals surface area contributed by atoms with Crippen molar-refractivity contribution >= 4 is 11.3 Å². The van der Waals surface area contributed by atoms with Crippen LogP contribution in [0.1, 0.15) is 29.7 Å². The minimum absolute atomic E-state index is 0.0413. The first kappa shape index (κ1) is 13.1. The highest BCUT2D eigenvalue weighted by Crippen LogP contribution is 2.27. The van der Waals surface area contributed by atoms with E-state index in [-0.39, 0.29) is 12.1 Å². The molecule has 0 fully saturated rings. The minimum Gasteiger partial charge on any atom is -0.484 e. The van der Waals surface area contributed by atoms with Crippen LogP contribution in [0.2, 0.25) is 0 Å². The second-order valence-electron chi connectivity index (χ2n) is 4.78. The molecular weight excluding hydrogens is 242 g/mol. The van der Waals surface area contributed by atoms with Crippen molar-refractivity contribution in [1.82, 2.24) is 0 Å². The van der Waals surface area contributed by atoms with Crippen LogP contribution < -0.4 is 10.5 Å². The largest absolute Gasteiger partial charge is 0.484 e. The van der Waals surface area contributed by atoms with Gasteiger partial charge in [0.2, 0.25) is 0 Å². The Balaban J connectivity index is 2.24. The molecule has 0 amide bonds. The Hall–Kier alpha value is -1.32. The number of thiophene rings is 1. The number of hydrogen-bond donors (Lipinski definition) is 1. The third-order valence-corrected chi connectivity index (χ3v) is 3.51. The maximum Gasteiger partial charge on any atom is 0.139 e. The summed E-state index contributed by atoms with van der Waals surface area (Å²) in [6, 6.07) is 8.27. The van der Waals surface area contributed by atoms with Crippen LogP contribution >= 0.6 is 11.3 Å². The summed E-state index contributed by atoms with van der Waals surface area (Å²) in [6.07, 6.45) is -0.0857. The maximum absolute atomic E-state index is 6.06. The number of benzene rings is 1. The Kier molecular flexibility index (Phi) is 4.04. The normalized spacial score (nSPS) is 14.2. The monoisotopic (exact) mass is 261 g/mol. The van der Waals surface area contributed by atoms with Crippen LogP contribution in [0.3, 0.4) is 0 Å². The van der Waals surface area contributed by atoms with Gasteiger partial charge in [-0.25, -0.2) is 0 Å².